The van der Waals surface area contributed by atoms with Crippen molar-refractivity contribution >= 4 is 18.1 Å². The molecule has 1 aromatic heterocycles. The number of carbonyl (C=O) groups is 2. The molecular weight excluding hydrogens is 589 g/mol. The minimum absolute atomic E-state index is 0. The van der Waals surface area contributed by atoms with Crippen molar-refractivity contribution in [1.82, 2.24) is 25.6 Å². The number of nitrogens with zero attached hydrogens (tertiary/aromatic N) is 3. The zero-order chi connectivity index (χ0) is 32.5. The SMILES string of the molecule is CC(C)([C-]=O)CO.CCCCNC(=O)CCCc1cn(CCCCCC(=O)NC(COCC(C)C)COCC(C)C)nn1.[K+]. The van der Waals surface area contributed by atoms with Gasteiger partial charge in [-0.25, -0.2) is 0 Å². The van der Waals surface area contributed by atoms with Gasteiger partial charge in [0.15, 0.2) is 0 Å². The quantitative estimate of drug-likeness (QED) is 0.0856. The van der Waals surface area contributed by atoms with E-state index >= 15 is 0 Å². The molecule has 12 heteroatoms. The van der Waals surface area contributed by atoms with Gasteiger partial charge in [0.2, 0.25) is 11.8 Å². The van der Waals surface area contributed by atoms with Gasteiger partial charge in [-0.15, -0.1) is 10.5 Å². The molecule has 44 heavy (non-hydrogen) atoms. The molecule has 250 valence electrons. The van der Waals surface area contributed by atoms with Crippen molar-refractivity contribution in [2.75, 3.05) is 39.6 Å². The maximum Gasteiger partial charge on any atom is 1.00 e. The zero-order valence-corrected chi connectivity index (χ0v) is 32.1. The Kier molecular flexibility index (Phi) is 29.4. The molecule has 1 heterocycles. The second kappa shape index (κ2) is 28.5. The Morgan fingerprint density at radius 1 is 0.955 bits per heavy atom. The van der Waals surface area contributed by atoms with Crippen LogP contribution in [0.2, 0.25) is 0 Å². The van der Waals surface area contributed by atoms with Gasteiger partial charge in [-0.05, 0) is 43.9 Å². The van der Waals surface area contributed by atoms with E-state index in [-0.39, 0.29) is 75.8 Å². The van der Waals surface area contributed by atoms with Crippen LogP contribution in [-0.4, -0.2) is 83.8 Å². The van der Waals surface area contributed by atoms with Gasteiger partial charge in [0, 0.05) is 51.9 Å². The maximum absolute atomic E-state index is 12.4. The van der Waals surface area contributed by atoms with Crippen LogP contribution in [0.4, 0.5) is 0 Å². The van der Waals surface area contributed by atoms with E-state index in [1.54, 1.807) is 20.1 Å². The topological polar surface area (TPSA) is 145 Å². The molecule has 0 aromatic carbocycles. The van der Waals surface area contributed by atoms with Gasteiger partial charge in [-0.1, -0.05) is 66.5 Å². The van der Waals surface area contributed by atoms with E-state index in [4.69, 9.17) is 14.6 Å². The largest absolute Gasteiger partial charge is 1.00 e. The van der Waals surface area contributed by atoms with Crippen LogP contribution in [0.1, 0.15) is 106 Å². The first-order valence-electron chi connectivity index (χ1n) is 16.0. The molecule has 0 saturated carbocycles. The van der Waals surface area contributed by atoms with Crippen LogP contribution in [0.3, 0.4) is 0 Å². The molecule has 0 saturated heterocycles. The Labute approximate surface area is 309 Å². The van der Waals surface area contributed by atoms with Crippen LogP contribution in [0, 0.1) is 17.3 Å². The number of ether oxygens (including phenoxy) is 2. The van der Waals surface area contributed by atoms with Crippen LogP contribution in [0.5, 0.6) is 0 Å². The number of hydrogen-bond acceptors (Lipinski definition) is 8. The van der Waals surface area contributed by atoms with Crippen LogP contribution in [0.15, 0.2) is 6.20 Å². The Balaban J connectivity index is 0. The summed E-state index contributed by atoms with van der Waals surface area (Å²) in [5, 5.41) is 22.7. The van der Waals surface area contributed by atoms with Crippen LogP contribution < -0.4 is 62.0 Å². The van der Waals surface area contributed by atoms with Crippen molar-refractivity contribution in [3.63, 3.8) is 0 Å². The minimum atomic E-state index is -0.667. The minimum Gasteiger partial charge on any atom is -0.541 e. The Hall–Kier alpha value is -0.734. The molecule has 3 N–H and O–H groups in total. The predicted octanol–water partition coefficient (Wildman–Crippen LogP) is 1.03. The van der Waals surface area contributed by atoms with E-state index in [9.17, 15) is 14.4 Å². The summed E-state index contributed by atoms with van der Waals surface area (Å²) < 4.78 is 13.3. The molecule has 1 aromatic rings. The maximum atomic E-state index is 12.4. The monoisotopic (exact) mass is 649 g/mol. The van der Waals surface area contributed by atoms with E-state index in [0.717, 1.165) is 63.7 Å². The molecule has 0 spiro atoms. The molecule has 0 unspecified atom stereocenters. The standard InChI is InChI=1S/C27H51N5O4.C5H9O2.K/c1-6-7-15-28-26(33)14-11-12-24-17-32(31-30-24)16-10-8-9-13-27(34)29-25(20-35-18-22(2)3)21-36-19-23(4)5;1-5(2,3-6)4-7;/h17,22-23,25H,6-16,18-21H2,1-5H3,(H,28,33)(H,29,34);6H,3H2,1-2H3;/q;-1;+1. The number of unbranched alkanes of at least 4 members (excludes halogenated alkanes) is 3. The summed E-state index contributed by atoms with van der Waals surface area (Å²) in [4.78, 5) is 34.0. The van der Waals surface area contributed by atoms with Crippen LogP contribution in [-0.2, 0) is 36.8 Å². The van der Waals surface area contributed by atoms with Crippen molar-refractivity contribution < 1.29 is 80.3 Å². The smallest absolute Gasteiger partial charge is 0.541 e. The molecule has 0 aliphatic heterocycles. The number of nitrogens with one attached hydrogen (secondary N) is 2. The fourth-order valence-electron chi connectivity index (χ4n) is 3.58. The first kappa shape index (κ1) is 45.4. The van der Waals surface area contributed by atoms with E-state index in [0.29, 0.717) is 51.1 Å². The molecule has 1 rings (SSSR count). The number of aliphatic hydroxyl groups excluding tert-OH is 1. The Morgan fingerprint density at radius 3 is 2.09 bits per heavy atom. The fourth-order valence-corrected chi connectivity index (χ4v) is 3.58. The van der Waals surface area contributed by atoms with E-state index in [1.807, 2.05) is 10.9 Å². The van der Waals surface area contributed by atoms with Crippen molar-refractivity contribution in [2.45, 2.75) is 119 Å². The second-order valence-electron chi connectivity index (χ2n) is 12.6. The second-order valence-corrected chi connectivity index (χ2v) is 12.6. The number of rotatable bonds is 24. The van der Waals surface area contributed by atoms with E-state index in [2.05, 4.69) is 55.6 Å². The van der Waals surface area contributed by atoms with Crippen LogP contribution in [0.25, 0.3) is 0 Å². The summed E-state index contributed by atoms with van der Waals surface area (Å²) in [5.74, 6) is 1.07. The van der Waals surface area contributed by atoms with Gasteiger partial charge in [-0.3, -0.25) is 20.6 Å². The molecule has 0 fully saturated rings. The van der Waals surface area contributed by atoms with E-state index < -0.39 is 5.41 Å². The van der Waals surface area contributed by atoms with Crippen molar-refractivity contribution in [1.29, 1.82) is 0 Å². The van der Waals surface area contributed by atoms with Crippen molar-refractivity contribution in [2.24, 2.45) is 17.3 Å². The summed E-state index contributed by atoms with van der Waals surface area (Å²) in [6.07, 6.45) is 11.0. The first-order chi connectivity index (χ1) is 20.4. The number of amides is 2. The average Bonchev–Trinajstić information content (AvgIpc) is 3.40. The number of hydrogen-bond donors (Lipinski definition) is 3. The molecule has 0 radical (unpaired) electrons. The van der Waals surface area contributed by atoms with Gasteiger partial charge >= 0.3 is 51.4 Å². The molecule has 2 amide bonds. The van der Waals surface area contributed by atoms with Gasteiger partial charge in [0.05, 0.1) is 24.9 Å². The summed E-state index contributed by atoms with van der Waals surface area (Å²) in [7, 11) is 0. The molecule has 0 atom stereocenters. The molecule has 0 aliphatic carbocycles. The Bertz CT molecular complexity index is 852. The third-order valence-electron chi connectivity index (χ3n) is 6.14. The molecule has 0 bridgehead atoms. The summed E-state index contributed by atoms with van der Waals surface area (Å²) in [6.45, 7) is 17.5. The Morgan fingerprint density at radius 2 is 1.57 bits per heavy atom. The normalized spacial score (nSPS) is 11.2. The number of carbonyl (C=O) groups excluding carboxylic acids is 3. The zero-order valence-electron chi connectivity index (χ0n) is 29.0. The number of aromatic nitrogens is 3. The van der Waals surface area contributed by atoms with Gasteiger partial charge in [0.25, 0.3) is 0 Å². The van der Waals surface area contributed by atoms with Crippen molar-refractivity contribution in [3.05, 3.63) is 11.9 Å². The fraction of sp³-hybridized carbons (Fsp3) is 0.844. The van der Waals surface area contributed by atoms with Crippen molar-refractivity contribution in [3.8, 4) is 0 Å². The number of aryl methyl sites for hydroxylation is 2. The molecule has 0 aliphatic rings. The summed E-state index contributed by atoms with van der Waals surface area (Å²) >= 11 is 0. The summed E-state index contributed by atoms with van der Waals surface area (Å²) in [6, 6.07) is -0.119. The van der Waals surface area contributed by atoms with Gasteiger partial charge < -0.3 is 30.0 Å². The van der Waals surface area contributed by atoms with Gasteiger partial charge in [0.1, 0.15) is 0 Å². The predicted molar refractivity (Wildman–Crippen MR) is 169 cm³/mol. The molecular formula is C32H60KN5O6. The first-order valence-corrected chi connectivity index (χ1v) is 16.0. The van der Waals surface area contributed by atoms with E-state index in [1.165, 1.54) is 0 Å². The summed E-state index contributed by atoms with van der Waals surface area (Å²) in [5.41, 5.74) is 0.251. The van der Waals surface area contributed by atoms with Gasteiger partial charge in [-0.2, -0.15) is 0 Å². The average molecular weight is 650 g/mol. The number of aliphatic hydroxyl groups is 1. The van der Waals surface area contributed by atoms with Crippen LogP contribution >= 0.6 is 0 Å². The third kappa shape index (κ3) is 27.6. The third-order valence-corrected chi connectivity index (χ3v) is 6.14. The molecule has 11 nitrogen and oxygen atoms in total.